The molecule has 1 saturated carbocycles. The SMILES string of the molecule is C1=NC(C2CCC2)CC1. The van der Waals surface area contributed by atoms with Crippen LogP contribution < -0.4 is 0 Å². The van der Waals surface area contributed by atoms with Crippen LogP contribution >= 0.6 is 0 Å². The summed E-state index contributed by atoms with van der Waals surface area (Å²) in [6.45, 7) is 0. The van der Waals surface area contributed by atoms with E-state index < -0.39 is 0 Å². The predicted octanol–water partition coefficient (Wildman–Crippen LogP) is 2.02. The average Bonchev–Trinajstić information content (AvgIpc) is 2.11. The van der Waals surface area contributed by atoms with Gasteiger partial charge in [0.25, 0.3) is 0 Å². The molecule has 0 spiro atoms. The highest BCUT2D eigenvalue weighted by atomic mass is 14.8. The van der Waals surface area contributed by atoms with Gasteiger partial charge in [-0.2, -0.15) is 0 Å². The lowest BCUT2D eigenvalue weighted by atomic mass is 9.79. The summed E-state index contributed by atoms with van der Waals surface area (Å²) < 4.78 is 0. The highest BCUT2D eigenvalue weighted by Crippen LogP contribution is 2.34. The van der Waals surface area contributed by atoms with Gasteiger partial charge in [-0.3, -0.25) is 4.99 Å². The van der Waals surface area contributed by atoms with Gasteiger partial charge in [0.1, 0.15) is 0 Å². The van der Waals surface area contributed by atoms with E-state index in [0.29, 0.717) is 0 Å². The third kappa shape index (κ3) is 0.887. The van der Waals surface area contributed by atoms with Crippen LogP contribution in [-0.4, -0.2) is 12.3 Å². The Labute approximate surface area is 56.2 Å². The molecule has 2 rings (SSSR count). The molecule has 50 valence electrons. The van der Waals surface area contributed by atoms with Crippen molar-refractivity contribution in [3.8, 4) is 0 Å². The smallest absolute Gasteiger partial charge is 0.0527 e. The standard InChI is InChI=1S/C8H13N/c1-3-7(4-1)8-5-2-6-9-8/h6-8H,1-5H2. The Hall–Kier alpha value is -0.330. The Morgan fingerprint density at radius 2 is 2.11 bits per heavy atom. The van der Waals surface area contributed by atoms with Crippen LogP contribution in [0.25, 0.3) is 0 Å². The van der Waals surface area contributed by atoms with Crippen molar-refractivity contribution in [1.82, 2.24) is 0 Å². The molecule has 1 aliphatic carbocycles. The normalized spacial score (nSPS) is 34.9. The molecular weight excluding hydrogens is 110 g/mol. The molecule has 2 aliphatic rings. The van der Waals surface area contributed by atoms with Crippen LogP contribution in [0.5, 0.6) is 0 Å². The molecule has 9 heavy (non-hydrogen) atoms. The number of hydrogen-bond donors (Lipinski definition) is 0. The second-order valence-electron chi connectivity index (χ2n) is 3.17. The summed E-state index contributed by atoms with van der Waals surface area (Å²) in [5.74, 6) is 0.976. The number of aliphatic imine (C=N–C) groups is 1. The summed E-state index contributed by atoms with van der Waals surface area (Å²) in [6, 6.07) is 0.735. The van der Waals surface area contributed by atoms with Gasteiger partial charge in [-0.25, -0.2) is 0 Å². The van der Waals surface area contributed by atoms with Crippen LogP contribution in [0, 0.1) is 5.92 Å². The maximum atomic E-state index is 4.43. The van der Waals surface area contributed by atoms with E-state index in [2.05, 4.69) is 11.2 Å². The largest absolute Gasteiger partial charge is 0.294 e. The summed E-state index contributed by atoms with van der Waals surface area (Å²) in [5.41, 5.74) is 0. The Bertz CT molecular complexity index is 125. The van der Waals surface area contributed by atoms with Gasteiger partial charge in [0.05, 0.1) is 6.04 Å². The highest BCUT2D eigenvalue weighted by molar-refractivity contribution is 5.59. The first-order valence-corrected chi connectivity index (χ1v) is 3.98. The van der Waals surface area contributed by atoms with E-state index in [0.717, 1.165) is 12.0 Å². The number of hydrogen-bond acceptors (Lipinski definition) is 1. The van der Waals surface area contributed by atoms with Crippen LogP contribution in [0.15, 0.2) is 4.99 Å². The van der Waals surface area contributed by atoms with Gasteiger partial charge in [-0.15, -0.1) is 0 Å². The first-order valence-electron chi connectivity index (χ1n) is 3.98. The third-order valence-electron chi connectivity index (χ3n) is 2.58. The second-order valence-corrected chi connectivity index (χ2v) is 3.17. The van der Waals surface area contributed by atoms with Gasteiger partial charge in [0.15, 0.2) is 0 Å². The quantitative estimate of drug-likeness (QED) is 0.506. The lowest BCUT2D eigenvalue weighted by molar-refractivity contribution is 0.263. The van der Waals surface area contributed by atoms with Crippen molar-refractivity contribution >= 4 is 6.21 Å². The monoisotopic (exact) mass is 123 g/mol. The van der Waals surface area contributed by atoms with Crippen molar-refractivity contribution in [2.45, 2.75) is 38.1 Å². The van der Waals surface area contributed by atoms with Gasteiger partial charge in [0, 0.05) is 0 Å². The van der Waals surface area contributed by atoms with Crippen molar-refractivity contribution < 1.29 is 0 Å². The molecule has 1 unspecified atom stereocenters. The summed E-state index contributed by atoms with van der Waals surface area (Å²) in [7, 11) is 0. The van der Waals surface area contributed by atoms with Gasteiger partial charge in [-0.05, 0) is 37.8 Å². The molecule has 0 bridgehead atoms. The number of nitrogens with zero attached hydrogens (tertiary/aromatic N) is 1. The lowest BCUT2D eigenvalue weighted by Gasteiger charge is -2.29. The summed E-state index contributed by atoms with van der Waals surface area (Å²) in [5, 5.41) is 0. The van der Waals surface area contributed by atoms with Crippen LogP contribution in [0.1, 0.15) is 32.1 Å². The zero-order valence-electron chi connectivity index (χ0n) is 5.71. The Morgan fingerprint density at radius 1 is 1.22 bits per heavy atom. The molecule has 1 fully saturated rings. The van der Waals surface area contributed by atoms with Crippen LogP contribution in [0.3, 0.4) is 0 Å². The van der Waals surface area contributed by atoms with E-state index in [9.17, 15) is 0 Å². The highest BCUT2D eigenvalue weighted by Gasteiger charge is 2.27. The van der Waals surface area contributed by atoms with Crippen molar-refractivity contribution in [2.24, 2.45) is 10.9 Å². The van der Waals surface area contributed by atoms with Crippen LogP contribution in [-0.2, 0) is 0 Å². The van der Waals surface area contributed by atoms with E-state index in [-0.39, 0.29) is 0 Å². The molecule has 0 radical (unpaired) electrons. The zero-order chi connectivity index (χ0) is 6.10. The van der Waals surface area contributed by atoms with E-state index in [4.69, 9.17) is 0 Å². The Balaban J connectivity index is 1.89. The van der Waals surface area contributed by atoms with E-state index >= 15 is 0 Å². The molecule has 0 saturated heterocycles. The van der Waals surface area contributed by atoms with E-state index in [1.165, 1.54) is 32.1 Å². The van der Waals surface area contributed by atoms with Gasteiger partial charge < -0.3 is 0 Å². The fourth-order valence-electron chi connectivity index (χ4n) is 1.71. The third-order valence-corrected chi connectivity index (χ3v) is 2.58. The summed E-state index contributed by atoms with van der Waals surface area (Å²) in [6.07, 6.45) is 9.02. The van der Waals surface area contributed by atoms with Crippen LogP contribution in [0.4, 0.5) is 0 Å². The maximum Gasteiger partial charge on any atom is 0.0527 e. The molecule has 0 aromatic rings. The molecule has 0 aromatic heterocycles. The molecule has 1 nitrogen and oxygen atoms in total. The minimum absolute atomic E-state index is 0.735. The number of rotatable bonds is 1. The van der Waals surface area contributed by atoms with Crippen molar-refractivity contribution in [3.63, 3.8) is 0 Å². The second kappa shape index (κ2) is 2.13. The fraction of sp³-hybridized carbons (Fsp3) is 0.875. The molecule has 1 aliphatic heterocycles. The molecule has 1 heteroatoms. The fourth-order valence-corrected chi connectivity index (χ4v) is 1.71. The summed E-state index contributed by atoms with van der Waals surface area (Å²) in [4.78, 5) is 4.43. The minimum Gasteiger partial charge on any atom is -0.294 e. The van der Waals surface area contributed by atoms with E-state index in [1.807, 2.05) is 0 Å². The van der Waals surface area contributed by atoms with Gasteiger partial charge in [0.2, 0.25) is 0 Å². The van der Waals surface area contributed by atoms with Crippen molar-refractivity contribution in [2.75, 3.05) is 0 Å². The molecule has 0 N–H and O–H groups in total. The maximum absolute atomic E-state index is 4.43. The molecule has 0 amide bonds. The summed E-state index contributed by atoms with van der Waals surface area (Å²) >= 11 is 0. The first-order chi connectivity index (χ1) is 4.47. The Morgan fingerprint density at radius 3 is 2.56 bits per heavy atom. The average molecular weight is 123 g/mol. The van der Waals surface area contributed by atoms with Crippen molar-refractivity contribution in [1.29, 1.82) is 0 Å². The molecule has 1 atom stereocenters. The van der Waals surface area contributed by atoms with Gasteiger partial charge >= 0.3 is 0 Å². The molecule has 0 aromatic carbocycles. The molecular formula is C8H13N. The van der Waals surface area contributed by atoms with E-state index in [1.54, 1.807) is 0 Å². The Kier molecular flexibility index (Phi) is 1.29. The topological polar surface area (TPSA) is 12.4 Å². The predicted molar refractivity (Wildman–Crippen MR) is 38.9 cm³/mol. The molecule has 1 heterocycles. The minimum atomic E-state index is 0.735. The lowest BCUT2D eigenvalue weighted by Crippen LogP contribution is -2.23. The zero-order valence-corrected chi connectivity index (χ0v) is 5.71. The van der Waals surface area contributed by atoms with Gasteiger partial charge in [-0.1, -0.05) is 6.42 Å². The van der Waals surface area contributed by atoms with Crippen molar-refractivity contribution in [3.05, 3.63) is 0 Å². The first kappa shape index (κ1) is 5.45. The van der Waals surface area contributed by atoms with Crippen LogP contribution in [0.2, 0.25) is 0 Å².